The lowest BCUT2D eigenvalue weighted by molar-refractivity contribution is -0.307. The van der Waals surface area contributed by atoms with Gasteiger partial charge in [0.2, 0.25) is 0 Å². The first-order chi connectivity index (χ1) is 5.18. The molecule has 0 bridgehead atoms. The Labute approximate surface area is 66.0 Å². The molecule has 1 N–H and O–H groups in total. The molecule has 0 saturated heterocycles. The number of carbonyl (C=O) groups is 1. The topological polar surface area (TPSA) is 60.4 Å². The largest absolute Gasteiger partial charge is 0.550 e. The highest BCUT2D eigenvalue weighted by atomic mass is 16.4. The summed E-state index contributed by atoms with van der Waals surface area (Å²) in [6.07, 6.45) is 3.11. The van der Waals surface area contributed by atoms with E-state index in [-0.39, 0.29) is 18.4 Å². The lowest BCUT2D eigenvalue weighted by Crippen LogP contribution is -2.28. The van der Waals surface area contributed by atoms with Crippen LogP contribution in [-0.2, 0) is 4.79 Å². The van der Waals surface area contributed by atoms with Crippen LogP contribution in [-0.4, -0.2) is 17.2 Å². The second-order valence-corrected chi connectivity index (χ2v) is 3.25. The molecule has 64 valence electrons. The SMILES string of the molecule is O=C([O-])CC1CCC(O)CC1. The summed E-state index contributed by atoms with van der Waals surface area (Å²) in [6.45, 7) is 0. The summed E-state index contributed by atoms with van der Waals surface area (Å²) in [5, 5.41) is 19.3. The van der Waals surface area contributed by atoms with E-state index >= 15 is 0 Å². The third kappa shape index (κ3) is 2.89. The van der Waals surface area contributed by atoms with Gasteiger partial charge in [-0.15, -0.1) is 0 Å². The normalized spacial score (nSPS) is 31.7. The smallest absolute Gasteiger partial charge is 0.0540 e. The van der Waals surface area contributed by atoms with Crippen LogP contribution < -0.4 is 5.11 Å². The van der Waals surface area contributed by atoms with Crippen molar-refractivity contribution in [3.05, 3.63) is 0 Å². The molecule has 0 aromatic heterocycles. The number of hydrogen-bond donors (Lipinski definition) is 1. The van der Waals surface area contributed by atoms with Crippen LogP contribution in [0.25, 0.3) is 0 Å². The highest BCUT2D eigenvalue weighted by molar-refractivity contribution is 5.64. The fourth-order valence-electron chi connectivity index (χ4n) is 1.58. The average molecular weight is 157 g/mol. The van der Waals surface area contributed by atoms with Gasteiger partial charge in [0, 0.05) is 5.97 Å². The lowest BCUT2D eigenvalue weighted by Gasteiger charge is -2.25. The summed E-state index contributed by atoms with van der Waals surface area (Å²) in [5.41, 5.74) is 0. The van der Waals surface area contributed by atoms with Gasteiger partial charge in [-0.3, -0.25) is 0 Å². The van der Waals surface area contributed by atoms with Crippen molar-refractivity contribution in [1.82, 2.24) is 0 Å². The summed E-state index contributed by atoms with van der Waals surface area (Å²) in [7, 11) is 0. The van der Waals surface area contributed by atoms with Crippen molar-refractivity contribution in [2.24, 2.45) is 5.92 Å². The van der Waals surface area contributed by atoms with Crippen LogP contribution in [0.5, 0.6) is 0 Å². The number of carboxylic acids is 1. The zero-order chi connectivity index (χ0) is 8.27. The number of carboxylic acid groups (broad SMARTS) is 1. The Bertz CT molecular complexity index is 136. The van der Waals surface area contributed by atoms with Gasteiger partial charge in [-0.1, -0.05) is 0 Å². The predicted molar refractivity (Wildman–Crippen MR) is 37.6 cm³/mol. The molecule has 0 aliphatic heterocycles. The maximum absolute atomic E-state index is 10.2. The van der Waals surface area contributed by atoms with Crippen LogP contribution in [0.4, 0.5) is 0 Å². The minimum absolute atomic E-state index is 0.159. The molecule has 1 saturated carbocycles. The molecule has 1 aliphatic carbocycles. The molecular weight excluding hydrogens is 144 g/mol. The van der Waals surface area contributed by atoms with E-state index < -0.39 is 5.97 Å². The van der Waals surface area contributed by atoms with E-state index in [0.717, 1.165) is 25.7 Å². The summed E-state index contributed by atoms with van der Waals surface area (Å²) >= 11 is 0. The minimum atomic E-state index is -0.966. The first-order valence-corrected chi connectivity index (χ1v) is 4.06. The summed E-state index contributed by atoms with van der Waals surface area (Å²) in [4.78, 5) is 10.2. The lowest BCUT2D eigenvalue weighted by atomic mass is 9.85. The van der Waals surface area contributed by atoms with Gasteiger partial charge < -0.3 is 15.0 Å². The Kier molecular flexibility index (Phi) is 2.88. The number of hydrogen-bond acceptors (Lipinski definition) is 3. The van der Waals surface area contributed by atoms with Gasteiger partial charge in [0.1, 0.15) is 0 Å². The van der Waals surface area contributed by atoms with Gasteiger partial charge in [-0.2, -0.15) is 0 Å². The van der Waals surface area contributed by atoms with Gasteiger partial charge in [-0.25, -0.2) is 0 Å². The van der Waals surface area contributed by atoms with Crippen molar-refractivity contribution in [3.63, 3.8) is 0 Å². The molecule has 11 heavy (non-hydrogen) atoms. The second-order valence-electron chi connectivity index (χ2n) is 3.25. The highest BCUT2D eigenvalue weighted by Gasteiger charge is 2.18. The van der Waals surface area contributed by atoms with E-state index in [0.29, 0.717) is 0 Å². The fourth-order valence-corrected chi connectivity index (χ4v) is 1.58. The highest BCUT2D eigenvalue weighted by Crippen LogP contribution is 2.26. The molecule has 1 rings (SSSR count). The Morgan fingerprint density at radius 1 is 1.36 bits per heavy atom. The van der Waals surface area contributed by atoms with Crippen LogP contribution in [0.3, 0.4) is 0 Å². The molecule has 0 unspecified atom stereocenters. The minimum Gasteiger partial charge on any atom is -0.550 e. The zero-order valence-corrected chi connectivity index (χ0v) is 6.45. The first kappa shape index (κ1) is 8.53. The molecule has 0 aromatic carbocycles. The van der Waals surface area contributed by atoms with Crippen LogP contribution in [0, 0.1) is 5.92 Å². The Morgan fingerprint density at radius 2 is 1.91 bits per heavy atom. The average Bonchev–Trinajstić information content (AvgIpc) is 1.93. The zero-order valence-electron chi connectivity index (χ0n) is 6.45. The van der Waals surface area contributed by atoms with Gasteiger partial charge in [0.05, 0.1) is 6.10 Å². The van der Waals surface area contributed by atoms with Crippen molar-refractivity contribution in [2.75, 3.05) is 0 Å². The van der Waals surface area contributed by atoms with Crippen LogP contribution in [0.1, 0.15) is 32.1 Å². The van der Waals surface area contributed by atoms with Gasteiger partial charge >= 0.3 is 0 Å². The number of aliphatic hydroxyl groups excluding tert-OH is 1. The van der Waals surface area contributed by atoms with Gasteiger partial charge in [0.15, 0.2) is 0 Å². The van der Waals surface area contributed by atoms with Gasteiger partial charge in [0.25, 0.3) is 0 Å². The molecule has 1 aliphatic rings. The Morgan fingerprint density at radius 3 is 2.36 bits per heavy atom. The second kappa shape index (κ2) is 3.72. The monoisotopic (exact) mass is 157 g/mol. The molecule has 1 fully saturated rings. The molecule has 0 amide bonds. The molecule has 0 aromatic rings. The van der Waals surface area contributed by atoms with Crippen molar-refractivity contribution >= 4 is 5.97 Å². The van der Waals surface area contributed by atoms with Crippen molar-refractivity contribution in [3.8, 4) is 0 Å². The molecule has 0 radical (unpaired) electrons. The van der Waals surface area contributed by atoms with Crippen molar-refractivity contribution < 1.29 is 15.0 Å². The van der Waals surface area contributed by atoms with Crippen LogP contribution >= 0.6 is 0 Å². The van der Waals surface area contributed by atoms with E-state index in [1.54, 1.807) is 0 Å². The molecule has 0 spiro atoms. The van der Waals surface area contributed by atoms with Crippen molar-refractivity contribution in [2.45, 2.75) is 38.2 Å². The number of carbonyl (C=O) groups excluding carboxylic acids is 1. The van der Waals surface area contributed by atoms with E-state index in [2.05, 4.69) is 0 Å². The Hall–Kier alpha value is -0.570. The summed E-state index contributed by atoms with van der Waals surface area (Å²) < 4.78 is 0. The number of aliphatic hydroxyl groups is 1. The van der Waals surface area contributed by atoms with E-state index in [9.17, 15) is 9.90 Å². The van der Waals surface area contributed by atoms with Gasteiger partial charge in [-0.05, 0) is 38.0 Å². The van der Waals surface area contributed by atoms with E-state index in [1.165, 1.54) is 0 Å². The molecular formula is C8H13O3-. The Balaban J connectivity index is 2.22. The van der Waals surface area contributed by atoms with E-state index in [4.69, 9.17) is 5.11 Å². The quantitative estimate of drug-likeness (QED) is 0.597. The maximum atomic E-state index is 10.2. The maximum Gasteiger partial charge on any atom is 0.0540 e. The molecule has 0 atom stereocenters. The third-order valence-electron chi connectivity index (χ3n) is 2.27. The van der Waals surface area contributed by atoms with Crippen molar-refractivity contribution in [1.29, 1.82) is 0 Å². The first-order valence-electron chi connectivity index (χ1n) is 4.06. The fraction of sp³-hybridized carbons (Fsp3) is 0.875. The summed E-state index contributed by atoms with van der Waals surface area (Å²) in [5.74, 6) is -0.727. The number of aliphatic carboxylic acids is 1. The predicted octanol–water partition coefficient (Wildman–Crippen LogP) is -0.323. The van der Waals surface area contributed by atoms with Crippen LogP contribution in [0.15, 0.2) is 0 Å². The third-order valence-corrected chi connectivity index (χ3v) is 2.27. The molecule has 0 heterocycles. The summed E-state index contributed by atoms with van der Waals surface area (Å²) in [6, 6.07) is 0. The molecule has 3 heteroatoms. The van der Waals surface area contributed by atoms with Crippen LogP contribution in [0.2, 0.25) is 0 Å². The number of rotatable bonds is 2. The van der Waals surface area contributed by atoms with E-state index in [1.807, 2.05) is 0 Å². The molecule has 3 nitrogen and oxygen atoms in total. The standard InChI is InChI=1S/C8H14O3/c9-7-3-1-6(2-4-7)5-8(10)11/h6-7,9H,1-5H2,(H,10,11)/p-1.